The fourth-order valence-electron chi connectivity index (χ4n) is 3.95. The minimum atomic E-state index is -2.91. The van der Waals surface area contributed by atoms with E-state index >= 15 is 0 Å². The molecule has 13 heteroatoms. The molecule has 0 bridgehead atoms. The highest BCUT2D eigenvalue weighted by Gasteiger charge is 2.58. The summed E-state index contributed by atoms with van der Waals surface area (Å²) in [5.74, 6) is -5.40. The molecule has 2 amide bonds. The molecular formula is C25H20F3N7O3. The van der Waals surface area contributed by atoms with Crippen LogP contribution >= 0.6 is 0 Å². The number of halogens is 3. The van der Waals surface area contributed by atoms with Crippen LogP contribution in [0.4, 0.5) is 24.7 Å². The molecular weight excluding hydrogens is 503 g/mol. The highest BCUT2D eigenvalue weighted by molar-refractivity contribution is 6.02. The first-order chi connectivity index (χ1) is 18.1. The number of hydrogen-bond acceptors (Lipinski definition) is 7. The van der Waals surface area contributed by atoms with Crippen molar-refractivity contribution in [1.82, 2.24) is 25.1 Å². The Balaban J connectivity index is 1.57. The predicted molar refractivity (Wildman–Crippen MR) is 132 cm³/mol. The van der Waals surface area contributed by atoms with E-state index < -0.39 is 36.0 Å². The second-order valence-corrected chi connectivity index (χ2v) is 8.55. The highest BCUT2D eigenvalue weighted by Crippen LogP contribution is 2.42. The maximum atomic E-state index is 13.3. The maximum Gasteiger partial charge on any atom is 0.283 e. The number of rotatable bonds is 7. The van der Waals surface area contributed by atoms with Gasteiger partial charge in [-0.2, -0.15) is 0 Å². The van der Waals surface area contributed by atoms with Crippen LogP contribution in [0.5, 0.6) is 5.75 Å². The van der Waals surface area contributed by atoms with Gasteiger partial charge in [-0.1, -0.05) is 24.8 Å². The molecule has 2 heterocycles. The zero-order valence-electron chi connectivity index (χ0n) is 19.8. The molecule has 0 spiro atoms. The van der Waals surface area contributed by atoms with Crippen LogP contribution in [0.3, 0.4) is 0 Å². The van der Waals surface area contributed by atoms with Gasteiger partial charge in [0.1, 0.15) is 23.3 Å². The van der Waals surface area contributed by atoms with Crippen LogP contribution in [0, 0.1) is 0 Å². The lowest BCUT2D eigenvalue weighted by Gasteiger charge is -2.12. The Bertz CT molecular complexity index is 1600. The molecule has 1 aliphatic rings. The van der Waals surface area contributed by atoms with E-state index in [9.17, 15) is 22.8 Å². The van der Waals surface area contributed by atoms with Gasteiger partial charge in [0, 0.05) is 23.2 Å². The van der Waals surface area contributed by atoms with Crippen molar-refractivity contribution in [2.24, 2.45) is 0 Å². The van der Waals surface area contributed by atoms with E-state index in [0.29, 0.717) is 33.6 Å². The quantitative estimate of drug-likeness (QED) is 0.315. The molecule has 10 nitrogen and oxygen atoms in total. The fourth-order valence-corrected chi connectivity index (χ4v) is 3.95. The summed E-state index contributed by atoms with van der Waals surface area (Å²) >= 11 is 0. The summed E-state index contributed by atoms with van der Waals surface area (Å²) < 4.78 is 46.4. The van der Waals surface area contributed by atoms with Crippen LogP contribution in [0.15, 0.2) is 61.2 Å². The van der Waals surface area contributed by atoms with Crippen molar-refractivity contribution in [2.75, 3.05) is 18.2 Å². The topological polar surface area (TPSA) is 137 Å². The van der Waals surface area contributed by atoms with E-state index in [1.165, 1.54) is 24.1 Å². The number of ether oxygens (including phenoxy) is 1. The zero-order valence-corrected chi connectivity index (χ0v) is 19.8. The lowest BCUT2D eigenvalue weighted by Crippen LogP contribution is -2.29. The van der Waals surface area contributed by atoms with Gasteiger partial charge >= 0.3 is 0 Å². The molecule has 4 N–H and O–H groups in total. The van der Waals surface area contributed by atoms with E-state index in [4.69, 9.17) is 10.5 Å². The molecule has 1 unspecified atom stereocenters. The number of fused-ring (bicyclic) bond motifs is 1. The summed E-state index contributed by atoms with van der Waals surface area (Å²) in [6.45, 7) is 2.96. The van der Waals surface area contributed by atoms with Gasteiger partial charge in [0.2, 0.25) is 0 Å². The Kier molecular flexibility index (Phi) is 5.97. The van der Waals surface area contributed by atoms with E-state index in [0.717, 1.165) is 0 Å². The van der Waals surface area contributed by atoms with E-state index in [-0.39, 0.29) is 17.1 Å². The number of aromatic nitrogens is 4. The van der Waals surface area contributed by atoms with Gasteiger partial charge in [-0.05, 0) is 29.8 Å². The van der Waals surface area contributed by atoms with Crippen molar-refractivity contribution in [1.29, 1.82) is 0 Å². The van der Waals surface area contributed by atoms with Crippen LogP contribution in [-0.2, 0) is 4.79 Å². The number of alkyl halides is 2. The summed E-state index contributed by atoms with van der Waals surface area (Å²) in [6.07, 6.45) is 0.836. The molecule has 38 heavy (non-hydrogen) atoms. The minimum Gasteiger partial charge on any atom is -0.496 e. The molecule has 0 radical (unpaired) electrons. The molecule has 194 valence electrons. The molecule has 2 aromatic carbocycles. The number of benzene rings is 2. The molecule has 1 aliphatic carbocycles. The van der Waals surface area contributed by atoms with Crippen molar-refractivity contribution in [3.63, 3.8) is 0 Å². The van der Waals surface area contributed by atoms with Crippen molar-refractivity contribution in [3.8, 4) is 28.1 Å². The number of nitrogen functional groups attached to an aromatic ring is 1. The Morgan fingerprint density at radius 2 is 1.87 bits per heavy atom. The Labute approximate surface area is 213 Å². The summed E-state index contributed by atoms with van der Waals surface area (Å²) in [5.41, 5.74) is 9.03. The number of amides is 2. The highest BCUT2D eigenvalue weighted by atomic mass is 19.3. The summed E-state index contributed by atoms with van der Waals surface area (Å²) in [7, 11) is 1.36. The molecule has 1 fully saturated rings. The van der Waals surface area contributed by atoms with Gasteiger partial charge in [-0.25, -0.2) is 18.2 Å². The van der Waals surface area contributed by atoms with Gasteiger partial charge in [0.05, 0.1) is 18.7 Å². The number of carbonyl (C=O) groups excluding carboxylic acids is 2. The molecule has 1 saturated carbocycles. The monoisotopic (exact) mass is 523 g/mol. The number of hydrogen-bond donors (Lipinski definition) is 3. The average molecular weight is 523 g/mol. The van der Waals surface area contributed by atoms with Crippen molar-refractivity contribution in [3.05, 3.63) is 66.8 Å². The van der Waals surface area contributed by atoms with Crippen molar-refractivity contribution in [2.45, 2.75) is 18.4 Å². The Hall–Kier alpha value is -4.94. The fraction of sp³-hybridized carbons (Fsp3) is 0.160. The molecule has 0 aliphatic heterocycles. The number of methoxy groups -OCH3 is 1. The predicted octanol–water partition coefficient (Wildman–Crippen LogP) is 3.61. The third-order valence-electron chi connectivity index (χ3n) is 6.00. The van der Waals surface area contributed by atoms with Crippen LogP contribution in [0.1, 0.15) is 16.8 Å². The van der Waals surface area contributed by atoms with E-state index in [1.807, 2.05) is 0 Å². The van der Waals surface area contributed by atoms with Gasteiger partial charge < -0.3 is 21.1 Å². The lowest BCUT2D eigenvalue weighted by atomic mass is 9.98. The van der Waals surface area contributed by atoms with Gasteiger partial charge in [0.25, 0.3) is 17.7 Å². The van der Waals surface area contributed by atoms with Crippen molar-refractivity contribution >= 4 is 28.8 Å². The lowest BCUT2D eigenvalue weighted by molar-refractivity contribution is -0.114. The number of nitrogens with one attached hydrogen (secondary N) is 2. The SMILES string of the molecule is C=C(F)C(=O)Nc1ccc(-c2nn3ncnc(N)c3c2-c2ccc(C(=O)NC3CC3(F)F)c(OC)c2)cc1. The van der Waals surface area contributed by atoms with E-state index in [2.05, 4.69) is 32.4 Å². The first kappa shape index (κ1) is 24.7. The smallest absolute Gasteiger partial charge is 0.283 e. The largest absolute Gasteiger partial charge is 0.496 e. The number of carbonyl (C=O) groups is 2. The zero-order chi connectivity index (χ0) is 27.2. The third-order valence-corrected chi connectivity index (χ3v) is 6.00. The molecule has 1 atom stereocenters. The standard InChI is InChI=1S/C25H20F3N7O3/c1-12(26)23(36)32-15-6-3-13(4-7-15)20-19(21-22(29)30-11-31-35(21)34-20)14-5-8-16(17(9-14)38-2)24(37)33-18-10-25(18,27)28/h3-9,11,18H,1,10H2,2H3,(H,32,36)(H,33,37)(H2,29,30,31). The summed E-state index contributed by atoms with van der Waals surface area (Å²) in [5, 5.41) is 13.3. The molecule has 2 aromatic heterocycles. The first-order valence-electron chi connectivity index (χ1n) is 11.2. The first-order valence-corrected chi connectivity index (χ1v) is 11.2. The Morgan fingerprint density at radius 3 is 2.50 bits per heavy atom. The number of anilines is 2. The van der Waals surface area contributed by atoms with Crippen LogP contribution in [0.25, 0.3) is 27.9 Å². The molecule has 4 aromatic rings. The van der Waals surface area contributed by atoms with Gasteiger partial charge in [0.15, 0.2) is 11.6 Å². The normalized spacial score (nSPS) is 15.6. The second-order valence-electron chi connectivity index (χ2n) is 8.55. The van der Waals surface area contributed by atoms with E-state index in [1.54, 1.807) is 36.4 Å². The minimum absolute atomic E-state index is 0.0794. The van der Waals surface area contributed by atoms with Gasteiger partial charge in [-0.3, -0.25) is 9.59 Å². The average Bonchev–Trinajstić information content (AvgIpc) is 3.30. The van der Waals surface area contributed by atoms with Crippen LogP contribution < -0.4 is 21.1 Å². The molecule has 0 saturated heterocycles. The Morgan fingerprint density at radius 1 is 1.18 bits per heavy atom. The van der Waals surface area contributed by atoms with Crippen molar-refractivity contribution < 1.29 is 27.5 Å². The third kappa shape index (κ3) is 4.49. The molecule has 5 rings (SSSR count). The summed E-state index contributed by atoms with van der Waals surface area (Å²) in [6, 6.07) is 9.84. The van der Waals surface area contributed by atoms with Gasteiger partial charge in [-0.15, -0.1) is 14.8 Å². The maximum absolute atomic E-state index is 13.3. The number of nitrogens with two attached hydrogens (primary N) is 1. The summed E-state index contributed by atoms with van der Waals surface area (Å²) in [4.78, 5) is 28.3. The number of nitrogens with zero attached hydrogens (tertiary/aromatic N) is 4. The van der Waals surface area contributed by atoms with Crippen LogP contribution in [0.2, 0.25) is 0 Å². The second kappa shape index (κ2) is 9.18. The van der Waals surface area contributed by atoms with Crippen LogP contribution in [-0.4, -0.2) is 50.7 Å².